The molecular formula is C9H17NO. The summed E-state index contributed by atoms with van der Waals surface area (Å²) in [6.45, 7) is 6.65. The minimum absolute atomic E-state index is 0.0775. The van der Waals surface area contributed by atoms with Crippen molar-refractivity contribution in [2.24, 2.45) is 16.5 Å². The van der Waals surface area contributed by atoms with Gasteiger partial charge in [0.15, 0.2) is 0 Å². The molecule has 0 aromatic heterocycles. The van der Waals surface area contributed by atoms with Crippen LogP contribution in [0.4, 0.5) is 0 Å². The van der Waals surface area contributed by atoms with Crippen molar-refractivity contribution >= 4 is 0 Å². The molecule has 0 N–H and O–H groups in total. The lowest BCUT2D eigenvalue weighted by molar-refractivity contribution is 0.170. The largest absolute Gasteiger partial charge is 0.151 e. The third kappa shape index (κ3) is 2.28. The first-order valence-electron chi connectivity index (χ1n) is 4.36. The van der Waals surface area contributed by atoms with E-state index in [1.165, 1.54) is 6.42 Å². The quantitative estimate of drug-likeness (QED) is 0.535. The molecule has 1 saturated carbocycles. The molecule has 0 radical (unpaired) electrons. The van der Waals surface area contributed by atoms with E-state index in [9.17, 15) is 4.91 Å². The predicted molar refractivity (Wildman–Crippen MR) is 46.4 cm³/mol. The Labute approximate surface area is 68.3 Å². The van der Waals surface area contributed by atoms with Crippen LogP contribution in [0, 0.1) is 16.2 Å². The molecule has 0 amide bonds. The first-order chi connectivity index (χ1) is 5.03. The van der Waals surface area contributed by atoms with Crippen LogP contribution in [0.1, 0.15) is 40.0 Å². The second kappa shape index (κ2) is 2.92. The lowest BCUT2D eigenvalue weighted by atomic mass is 9.71. The molecule has 0 aromatic carbocycles. The first kappa shape index (κ1) is 8.69. The smallest absolute Gasteiger partial charge is 0.0927 e. The minimum atomic E-state index is 0.0775. The summed E-state index contributed by atoms with van der Waals surface area (Å²) >= 11 is 0. The Morgan fingerprint density at radius 1 is 1.36 bits per heavy atom. The van der Waals surface area contributed by atoms with Crippen LogP contribution in [0.5, 0.6) is 0 Å². The molecule has 2 atom stereocenters. The van der Waals surface area contributed by atoms with E-state index in [0.29, 0.717) is 11.3 Å². The van der Waals surface area contributed by atoms with Crippen LogP contribution in [0.2, 0.25) is 0 Å². The fraction of sp³-hybridized carbons (Fsp3) is 1.00. The molecule has 64 valence electrons. The SMILES string of the molecule is CC1CC(N=O)CC(C)(C)C1. The van der Waals surface area contributed by atoms with Crippen molar-refractivity contribution in [2.75, 3.05) is 0 Å². The van der Waals surface area contributed by atoms with Crippen LogP contribution in [0.25, 0.3) is 0 Å². The number of hydrogen-bond donors (Lipinski definition) is 0. The second-order valence-corrected chi connectivity index (χ2v) is 4.67. The highest BCUT2D eigenvalue weighted by Gasteiger charge is 2.32. The van der Waals surface area contributed by atoms with Crippen molar-refractivity contribution in [2.45, 2.75) is 46.1 Å². The second-order valence-electron chi connectivity index (χ2n) is 4.67. The van der Waals surface area contributed by atoms with Crippen molar-refractivity contribution < 1.29 is 0 Å². The van der Waals surface area contributed by atoms with E-state index < -0.39 is 0 Å². The van der Waals surface area contributed by atoms with Crippen LogP contribution in [-0.2, 0) is 0 Å². The Bertz CT molecular complexity index is 154. The van der Waals surface area contributed by atoms with Crippen LogP contribution >= 0.6 is 0 Å². The topological polar surface area (TPSA) is 29.4 Å². The van der Waals surface area contributed by atoms with Gasteiger partial charge in [-0.05, 0) is 30.6 Å². The van der Waals surface area contributed by atoms with Gasteiger partial charge in [-0.1, -0.05) is 25.9 Å². The lowest BCUT2D eigenvalue weighted by Crippen LogP contribution is -2.29. The Morgan fingerprint density at radius 2 is 2.00 bits per heavy atom. The fourth-order valence-electron chi connectivity index (χ4n) is 2.38. The van der Waals surface area contributed by atoms with Crippen LogP contribution in [0.15, 0.2) is 5.18 Å². The van der Waals surface area contributed by atoms with Gasteiger partial charge < -0.3 is 0 Å². The molecule has 0 saturated heterocycles. The first-order valence-corrected chi connectivity index (χ1v) is 4.36. The van der Waals surface area contributed by atoms with Gasteiger partial charge in [0.2, 0.25) is 0 Å². The summed E-state index contributed by atoms with van der Waals surface area (Å²) in [4.78, 5) is 10.3. The van der Waals surface area contributed by atoms with Crippen LogP contribution in [-0.4, -0.2) is 6.04 Å². The van der Waals surface area contributed by atoms with Crippen molar-refractivity contribution in [1.82, 2.24) is 0 Å². The number of hydrogen-bond acceptors (Lipinski definition) is 2. The molecule has 2 nitrogen and oxygen atoms in total. The van der Waals surface area contributed by atoms with Crippen molar-refractivity contribution in [3.8, 4) is 0 Å². The van der Waals surface area contributed by atoms with Crippen LogP contribution in [0.3, 0.4) is 0 Å². The molecule has 0 aromatic rings. The molecule has 2 unspecified atom stereocenters. The summed E-state index contributed by atoms with van der Waals surface area (Å²) in [6, 6.07) is 0.0775. The number of rotatable bonds is 1. The van der Waals surface area contributed by atoms with Gasteiger partial charge in [0.1, 0.15) is 0 Å². The van der Waals surface area contributed by atoms with Gasteiger partial charge in [0, 0.05) is 0 Å². The normalized spacial score (nSPS) is 36.6. The zero-order valence-electron chi connectivity index (χ0n) is 7.63. The summed E-state index contributed by atoms with van der Waals surface area (Å²) in [7, 11) is 0. The minimum Gasteiger partial charge on any atom is -0.151 e. The summed E-state index contributed by atoms with van der Waals surface area (Å²) in [5.41, 5.74) is 0.330. The zero-order valence-corrected chi connectivity index (χ0v) is 7.63. The van der Waals surface area contributed by atoms with E-state index in [-0.39, 0.29) is 6.04 Å². The van der Waals surface area contributed by atoms with Gasteiger partial charge in [0.25, 0.3) is 0 Å². The van der Waals surface area contributed by atoms with E-state index in [0.717, 1.165) is 12.8 Å². The fourth-order valence-corrected chi connectivity index (χ4v) is 2.38. The highest BCUT2D eigenvalue weighted by molar-refractivity contribution is 4.85. The third-order valence-electron chi connectivity index (χ3n) is 2.51. The lowest BCUT2D eigenvalue weighted by Gasteiger charge is -2.35. The average Bonchev–Trinajstić information content (AvgIpc) is 1.83. The molecule has 1 fully saturated rings. The van der Waals surface area contributed by atoms with Gasteiger partial charge in [0.05, 0.1) is 6.04 Å². The average molecular weight is 155 g/mol. The predicted octanol–water partition coefficient (Wildman–Crippen LogP) is 2.97. The maximum Gasteiger partial charge on any atom is 0.0927 e. The van der Waals surface area contributed by atoms with E-state index in [4.69, 9.17) is 0 Å². The van der Waals surface area contributed by atoms with E-state index in [1.54, 1.807) is 0 Å². The van der Waals surface area contributed by atoms with Crippen molar-refractivity contribution in [3.05, 3.63) is 4.91 Å². The Hall–Kier alpha value is -0.400. The zero-order chi connectivity index (χ0) is 8.48. The standard InChI is InChI=1S/C9H17NO/c1-7-4-8(10-11)6-9(2,3)5-7/h7-8H,4-6H2,1-3H3. The number of nitroso groups, excluding NO2 is 1. The van der Waals surface area contributed by atoms with E-state index >= 15 is 0 Å². The van der Waals surface area contributed by atoms with Crippen LogP contribution < -0.4 is 0 Å². The number of nitrogens with zero attached hydrogens (tertiary/aromatic N) is 1. The highest BCUT2D eigenvalue weighted by atomic mass is 16.3. The Morgan fingerprint density at radius 3 is 2.45 bits per heavy atom. The molecule has 1 rings (SSSR count). The molecule has 1 aliphatic carbocycles. The molecule has 0 heterocycles. The monoisotopic (exact) mass is 155 g/mol. The van der Waals surface area contributed by atoms with Crippen molar-refractivity contribution in [3.63, 3.8) is 0 Å². The Kier molecular flexibility index (Phi) is 2.31. The van der Waals surface area contributed by atoms with Gasteiger partial charge in [-0.25, -0.2) is 0 Å². The summed E-state index contributed by atoms with van der Waals surface area (Å²) in [5, 5.41) is 3.14. The highest BCUT2D eigenvalue weighted by Crippen LogP contribution is 2.39. The molecule has 11 heavy (non-hydrogen) atoms. The molecular weight excluding hydrogens is 138 g/mol. The summed E-state index contributed by atoms with van der Waals surface area (Å²) < 4.78 is 0. The van der Waals surface area contributed by atoms with Gasteiger partial charge >= 0.3 is 0 Å². The maximum absolute atomic E-state index is 10.3. The summed E-state index contributed by atoms with van der Waals surface area (Å²) in [6.07, 6.45) is 3.20. The van der Waals surface area contributed by atoms with Crippen molar-refractivity contribution in [1.29, 1.82) is 0 Å². The van der Waals surface area contributed by atoms with E-state index in [1.807, 2.05) is 0 Å². The summed E-state index contributed by atoms with van der Waals surface area (Å²) in [5.74, 6) is 0.668. The molecule has 0 bridgehead atoms. The third-order valence-corrected chi connectivity index (χ3v) is 2.51. The van der Waals surface area contributed by atoms with E-state index in [2.05, 4.69) is 25.9 Å². The van der Waals surface area contributed by atoms with Gasteiger partial charge in [-0.3, -0.25) is 0 Å². The Balaban J connectivity index is 2.57. The maximum atomic E-state index is 10.3. The molecule has 0 spiro atoms. The van der Waals surface area contributed by atoms with Gasteiger partial charge in [-0.2, -0.15) is 4.91 Å². The molecule has 0 aliphatic heterocycles. The molecule has 1 aliphatic rings. The molecule has 2 heteroatoms. The van der Waals surface area contributed by atoms with Gasteiger partial charge in [-0.15, -0.1) is 0 Å².